The van der Waals surface area contributed by atoms with Crippen LogP contribution in [-0.4, -0.2) is 7.11 Å². The molecule has 19 heavy (non-hydrogen) atoms. The fourth-order valence-corrected chi connectivity index (χ4v) is 3.28. The van der Waals surface area contributed by atoms with E-state index in [0.717, 1.165) is 44.3 Å². The second kappa shape index (κ2) is 6.10. The lowest BCUT2D eigenvalue weighted by Crippen LogP contribution is -2.25. The zero-order valence-electron chi connectivity index (χ0n) is 12.0. The van der Waals surface area contributed by atoms with Crippen molar-refractivity contribution in [3.8, 4) is 11.8 Å². The molecule has 0 heterocycles. The third-order valence-electron chi connectivity index (χ3n) is 4.50. The van der Waals surface area contributed by atoms with E-state index in [-0.39, 0.29) is 5.41 Å². The first-order valence-electron chi connectivity index (χ1n) is 7.28. The lowest BCUT2D eigenvalue weighted by Gasteiger charge is -2.35. The summed E-state index contributed by atoms with van der Waals surface area (Å²) in [5.74, 6) is 1.53. The Kier molecular flexibility index (Phi) is 4.47. The number of nitrogens with zero attached hydrogens (tertiary/aromatic N) is 1. The normalized spacial score (nSPS) is 26.7. The fourth-order valence-electron chi connectivity index (χ4n) is 3.28. The highest BCUT2D eigenvalue weighted by Gasteiger charge is 2.34. The molecule has 0 bridgehead atoms. The van der Waals surface area contributed by atoms with E-state index in [2.05, 4.69) is 25.1 Å². The summed E-state index contributed by atoms with van der Waals surface area (Å²) in [4.78, 5) is 0. The molecule has 1 saturated carbocycles. The van der Waals surface area contributed by atoms with Crippen molar-refractivity contribution in [3.05, 3.63) is 29.8 Å². The zero-order chi connectivity index (χ0) is 13.7. The summed E-state index contributed by atoms with van der Waals surface area (Å²) in [5.41, 5.74) is 1.35. The molecule has 1 aromatic carbocycles. The molecule has 1 fully saturated rings. The molecule has 0 N–H and O–H groups in total. The minimum atomic E-state index is -0.0439. The van der Waals surface area contributed by atoms with Gasteiger partial charge in [0.25, 0.3) is 0 Å². The van der Waals surface area contributed by atoms with Gasteiger partial charge in [0.15, 0.2) is 0 Å². The number of nitriles is 1. The van der Waals surface area contributed by atoms with Gasteiger partial charge in [0.2, 0.25) is 0 Å². The van der Waals surface area contributed by atoms with Gasteiger partial charge in [-0.05, 0) is 55.7 Å². The van der Waals surface area contributed by atoms with Crippen LogP contribution in [0.25, 0.3) is 0 Å². The molecule has 102 valence electrons. The second-order valence-corrected chi connectivity index (χ2v) is 5.69. The van der Waals surface area contributed by atoms with Crippen LogP contribution in [0.3, 0.4) is 0 Å². The lowest BCUT2D eigenvalue weighted by atomic mass is 9.68. The molecule has 1 aromatic rings. The van der Waals surface area contributed by atoms with E-state index in [1.807, 2.05) is 12.1 Å². The van der Waals surface area contributed by atoms with Gasteiger partial charge in [-0.3, -0.25) is 0 Å². The van der Waals surface area contributed by atoms with E-state index in [0.29, 0.717) is 5.92 Å². The number of rotatable bonds is 4. The van der Waals surface area contributed by atoms with Crippen LogP contribution in [-0.2, 0) is 0 Å². The quantitative estimate of drug-likeness (QED) is 0.785. The van der Waals surface area contributed by atoms with Crippen LogP contribution in [0.1, 0.15) is 56.9 Å². The highest BCUT2D eigenvalue weighted by atomic mass is 16.5. The van der Waals surface area contributed by atoms with Gasteiger partial charge in [0, 0.05) is 0 Å². The summed E-state index contributed by atoms with van der Waals surface area (Å²) in [6.45, 7) is 2.18. The third kappa shape index (κ3) is 3.10. The summed E-state index contributed by atoms with van der Waals surface area (Å²) in [7, 11) is 1.70. The zero-order valence-corrected chi connectivity index (χ0v) is 12.0. The molecule has 0 aliphatic heterocycles. The molecule has 2 heteroatoms. The van der Waals surface area contributed by atoms with Crippen LogP contribution in [0.15, 0.2) is 24.3 Å². The first-order chi connectivity index (χ1) is 9.23. The van der Waals surface area contributed by atoms with Crippen molar-refractivity contribution >= 4 is 0 Å². The molecule has 1 aliphatic carbocycles. The average Bonchev–Trinajstić information content (AvgIpc) is 2.48. The minimum absolute atomic E-state index is 0.0439. The Labute approximate surface area is 116 Å². The van der Waals surface area contributed by atoms with Gasteiger partial charge in [-0.2, -0.15) is 5.26 Å². The second-order valence-electron chi connectivity index (χ2n) is 5.69. The maximum atomic E-state index is 9.43. The number of benzene rings is 1. The van der Waals surface area contributed by atoms with Crippen molar-refractivity contribution in [3.63, 3.8) is 0 Å². The Balaban J connectivity index is 2.01. The molecule has 0 saturated heterocycles. The van der Waals surface area contributed by atoms with Crippen LogP contribution in [0.2, 0.25) is 0 Å². The maximum Gasteiger partial charge on any atom is 0.118 e. The number of hydrogen-bond acceptors (Lipinski definition) is 2. The Hall–Kier alpha value is -1.49. The van der Waals surface area contributed by atoms with Crippen molar-refractivity contribution in [1.29, 1.82) is 5.26 Å². The molecular weight excluding hydrogens is 234 g/mol. The van der Waals surface area contributed by atoms with E-state index >= 15 is 0 Å². The van der Waals surface area contributed by atoms with E-state index in [9.17, 15) is 5.26 Å². The third-order valence-corrected chi connectivity index (χ3v) is 4.50. The monoisotopic (exact) mass is 257 g/mol. The SMILES string of the molecule is CCC[C@]1(C#N)CC[C@H](c2ccc(OC)cc2)CC1. The highest BCUT2D eigenvalue weighted by molar-refractivity contribution is 5.30. The molecule has 2 rings (SSSR count). The number of hydrogen-bond donors (Lipinski definition) is 0. The standard InChI is InChI=1S/C17H23NO/c1-3-10-17(13-18)11-8-15(9-12-17)14-4-6-16(19-2)7-5-14/h4-7,15H,3,8-12H2,1-2H3/t15-,17-. The van der Waals surface area contributed by atoms with Gasteiger partial charge in [-0.25, -0.2) is 0 Å². The van der Waals surface area contributed by atoms with Crippen LogP contribution in [0.4, 0.5) is 0 Å². The van der Waals surface area contributed by atoms with Crippen molar-refractivity contribution in [2.24, 2.45) is 5.41 Å². The van der Waals surface area contributed by atoms with Gasteiger partial charge < -0.3 is 4.74 Å². The van der Waals surface area contributed by atoms with Crippen molar-refractivity contribution in [2.45, 2.75) is 51.4 Å². The molecule has 0 atom stereocenters. The van der Waals surface area contributed by atoms with E-state index in [4.69, 9.17) is 4.74 Å². The van der Waals surface area contributed by atoms with Crippen molar-refractivity contribution in [1.82, 2.24) is 0 Å². The first kappa shape index (κ1) is 13.9. The molecule has 1 aliphatic rings. The topological polar surface area (TPSA) is 33.0 Å². The summed E-state index contributed by atoms with van der Waals surface area (Å²) < 4.78 is 5.20. The minimum Gasteiger partial charge on any atom is -0.497 e. The fraction of sp³-hybridized carbons (Fsp3) is 0.588. The lowest BCUT2D eigenvalue weighted by molar-refractivity contribution is 0.228. The number of methoxy groups -OCH3 is 1. The first-order valence-corrected chi connectivity index (χ1v) is 7.28. The maximum absolute atomic E-state index is 9.43. The Morgan fingerprint density at radius 1 is 1.26 bits per heavy atom. The van der Waals surface area contributed by atoms with Crippen LogP contribution in [0.5, 0.6) is 5.75 Å². The van der Waals surface area contributed by atoms with Gasteiger partial charge in [0.1, 0.15) is 5.75 Å². The summed E-state index contributed by atoms with van der Waals surface area (Å²) in [6.07, 6.45) is 6.54. The van der Waals surface area contributed by atoms with Crippen LogP contribution in [0, 0.1) is 16.7 Å². The summed E-state index contributed by atoms with van der Waals surface area (Å²) >= 11 is 0. The van der Waals surface area contributed by atoms with Gasteiger partial charge in [0.05, 0.1) is 18.6 Å². The summed E-state index contributed by atoms with van der Waals surface area (Å²) in [6, 6.07) is 11.0. The average molecular weight is 257 g/mol. The van der Waals surface area contributed by atoms with E-state index in [1.165, 1.54) is 5.56 Å². The Morgan fingerprint density at radius 2 is 1.89 bits per heavy atom. The molecular formula is C17H23NO. The van der Waals surface area contributed by atoms with E-state index < -0.39 is 0 Å². The predicted molar refractivity (Wildman–Crippen MR) is 77.2 cm³/mol. The van der Waals surface area contributed by atoms with Gasteiger partial charge in [-0.15, -0.1) is 0 Å². The molecule has 2 nitrogen and oxygen atoms in total. The largest absolute Gasteiger partial charge is 0.497 e. The molecule has 0 spiro atoms. The Morgan fingerprint density at radius 3 is 2.37 bits per heavy atom. The van der Waals surface area contributed by atoms with E-state index in [1.54, 1.807) is 7.11 Å². The van der Waals surface area contributed by atoms with Gasteiger partial charge in [-0.1, -0.05) is 25.5 Å². The Bertz CT molecular complexity index is 435. The molecule has 0 aromatic heterocycles. The summed E-state index contributed by atoms with van der Waals surface area (Å²) in [5, 5.41) is 9.43. The van der Waals surface area contributed by atoms with Crippen LogP contribution >= 0.6 is 0 Å². The van der Waals surface area contributed by atoms with Crippen molar-refractivity contribution < 1.29 is 4.74 Å². The van der Waals surface area contributed by atoms with Crippen LogP contribution < -0.4 is 4.74 Å². The highest BCUT2D eigenvalue weighted by Crippen LogP contribution is 2.45. The van der Waals surface area contributed by atoms with Crippen molar-refractivity contribution in [2.75, 3.05) is 7.11 Å². The predicted octanol–water partition coefficient (Wildman–Crippen LogP) is 4.66. The molecule has 0 radical (unpaired) electrons. The van der Waals surface area contributed by atoms with Gasteiger partial charge >= 0.3 is 0 Å². The molecule has 0 unspecified atom stereocenters. The molecule has 0 amide bonds. The number of ether oxygens (including phenoxy) is 1. The smallest absolute Gasteiger partial charge is 0.118 e.